The average Bonchev–Trinajstić information content (AvgIpc) is 2.95. The molecule has 0 unspecified atom stereocenters. The molecule has 0 saturated carbocycles. The van der Waals surface area contributed by atoms with Crippen LogP contribution in [-0.4, -0.2) is 22.0 Å². The Balaban J connectivity index is 2.06. The highest BCUT2D eigenvalue weighted by Crippen LogP contribution is 2.20. The van der Waals surface area contributed by atoms with Crippen molar-refractivity contribution in [3.63, 3.8) is 0 Å². The number of furan rings is 1. The van der Waals surface area contributed by atoms with E-state index in [4.69, 9.17) is 9.52 Å². The van der Waals surface area contributed by atoms with E-state index in [1.54, 1.807) is 13.0 Å². The van der Waals surface area contributed by atoms with Gasteiger partial charge in [-0.05, 0) is 19.1 Å². The Kier molecular flexibility index (Phi) is 3.76. The lowest BCUT2D eigenvalue weighted by Gasteiger charge is -1.98. The smallest absolute Gasteiger partial charge is 0.328 e. The molecule has 2 heterocycles. The van der Waals surface area contributed by atoms with Crippen molar-refractivity contribution >= 4 is 34.4 Å². The van der Waals surface area contributed by atoms with E-state index in [9.17, 15) is 9.59 Å². The summed E-state index contributed by atoms with van der Waals surface area (Å²) in [6.45, 7) is 1.77. The van der Waals surface area contributed by atoms with Gasteiger partial charge in [0, 0.05) is 22.7 Å². The van der Waals surface area contributed by atoms with Crippen LogP contribution in [0.25, 0.3) is 6.08 Å². The van der Waals surface area contributed by atoms with Crippen LogP contribution < -0.4 is 5.32 Å². The molecule has 2 aromatic heterocycles. The maximum Gasteiger partial charge on any atom is 0.328 e. The minimum absolute atomic E-state index is 0.234. The number of aryl methyl sites for hydroxylation is 1. The lowest BCUT2D eigenvalue weighted by atomic mass is 10.3. The first-order valence-corrected chi connectivity index (χ1v) is 6.10. The monoisotopic (exact) mass is 278 g/mol. The predicted molar refractivity (Wildman–Crippen MR) is 70.2 cm³/mol. The number of thiazole rings is 1. The highest BCUT2D eigenvalue weighted by molar-refractivity contribution is 7.16. The first-order valence-electron chi connectivity index (χ1n) is 5.28. The molecule has 0 aliphatic heterocycles. The standard InChI is InChI=1S/C12H10N2O4S/c1-7-4-5-18-10(7)11(17)14-12-13-6-8(19-12)2-3-9(15)16/h2-6H,1H3,(H,15,16)(H,13,14,17). The minimum atomic E-state index is -1.04. The van der Waals surface area contributed by atoms with E-state index < -0.39 is 5.97 Å². The van der Waals surface area contributed by atoms with Crippen LogP contribution in [0.4, 0.5) is 5.13 Å². The molecule has 2 N–H and O–H groups in total. The van der Waals surface area contributed by atoms with Gasteiger partial charge in [0.1, 0.15) is 0 Å². The summed E-state index contributed by atoms with van der Waals surface area (Å²) < 4.78 is 5.06. The summed E-state index contributed by atoms with van der Waals surface area (Å²) in [7, 11) is 0. The van der Waals surface area contributed by atoms with Gasteiger partial charge in [0.15, 0.2) is 10.9 Å². The fourth-order valence-electron chi connectivity index (χ4n) is 1.33. The molecule has 2 aromatic rings. The number of aliphatic carboxylic acids is 1. The van der Waals surface area contributed by atoms with Gasteiger partial charge < -0.3 is 9.52 Å². The Morgan fingerprint density at radius 2 is 2.32 bits per heavy atom. The summed E-state index contributed by atoms with van der Waals surface area (Å²) in [6, 6.07) is 1.69. The van der Waals surface area contributed by atoms with Crippen molar-refractivity contribution in [2.45, 2.75) is 6.92 Å². The molecular weight excluding hydrogens is 268 g/mol. The number of nitrogens with one attached hydrogen (secondary N) is 1. The summed E-state index contributed by atoms with van der Waals surface area (Å²) >= 11 is 1.17. The summed E-state index contributed by atoms with van der Waals surface area (Å²) in [5, 5.41) is 11.5. The molecule has 98 valence electrons. The molecule has 0 radical (unpaired) electrons. The fraction of sp³-hybridized carbons (Fsp3) is 0.0833. The van der Waals surface area contributed by atoms with Crippen LogP contribution in [0.2, 0.25) is 0 Å². The SMILES string of the molecule is Cc1ccoc1C(=O)Nc1ncc(C=CC(=O)O)s1. The van der Waals surface area contributed by atoms with Crippen LogP contribution in [0.15, 0.2) is 29.0 Å². The maximum absolute atomic E-state index is 11.8. The van der Waals surface area contributed by atoms with Gasteiger partial charge >= 0.3 is 5.97 Å². The highest BCUT2D eigenvalue weighted by atomic mass is 32.1. The van der Waals surface area contributed by atoms with Crippen LogP contribution in [0.1, 0.15) is 21.0 Å². The minimum Gasteiger partial charge on any atom is -0.478 e. The van der Waals surface area contributed by atoms with Gasteiger partial charge in [-0.2, -0.15) is 0 Å². The normalized spacial score (nSPS) is 10.8. The second-order valence-electron chi connectivity index (χ2n) is 3.63. The number of carbonyl (C=O) groups is 2. The van der Waals surface area contributed by atoms with Crippen LogP contribution in [-0.2, 0) is 4.79 Å². The van der Waals surface area contributed by atoms with Crippen LogP contribution >= 0.6 is 11.3 Å². The number of carbonyl (C=O) groups excluding carboxylic acids is 1. The average molecular weight is 278 g/mol. The third kappa shape index (κ3) is 3.29. The van der Waals surface area contributed by atoms with Gasteiger partial charge in [0.25, 0.3) is 5.91 Å². The molecule has 0 aliphatic carbocycles. The molecule has 0 bridgehead atoms. The number of rotatable bonds is 4. The number of hydrogen-bond donors (Lipinski definition) is 2. The van der Waals surface area contributed by atoms with Gasteiger partial charge in [-0.25, -0.2) is 9.78 Å². The first-order chi connectivity index (χ1) is 9.06. The van der Waals surface area contributed by atoms with Crippen molar-refractivity contribution in [2.75, 3.05) is 5.32 Å². The summed E-state index contributed by atoms with van der Waals surface area (Å²) in [6.07, 6.45) is 5.34. The van der Waals surface area contributed by atoms with Crippen molar-refractivity contribution in [3.8, 4) is 0 Å². The fourth-order valence-corrected chi connectivity index (χ4v) is 2.05. The quantitative estimate of drug-likeness (QED) is 0.838. The Bertz CT molecular complexity index is 642. The number of nitrogens with zero attached hydrogens (tertiary/aromatic N) is 1. The molecular formula is C12H10N2O4S. The molecule has 1 amide bonds. The van der Waals surface area contributed by atoms with Crippen molar-refractivity contribution < 1.29 is 19.1 Å². The molecule has 6 nitrogen and oxygen atoms in total. The van der Waals surface area contributed by atoms with Crippen molar-refractivity contribution in [3.05, 3.63) is 40.8 Å². The topological polar surface area (TPSA) is 92.4 Å². The van der Waals surface area contributed by atoms with E-state index in [0.29, 0.717) is 10.0 Å². The van der Waals surface area contributed by atoms with Crippen LogP contribution in [0.3, 0.4) is 0 Å². The van der Waals surface area contributed by atoms with E-state index in [-0.39, 0.29) is 11.7 Å². The van der Waals surface area contributed by atoms with E-state index in [2.05, 4.69) is 10.3 Å². The molecule has 0 spiro atoms. The zero-order valence-electron chi connectivity index (χ0n) is 9.91. The maximum atomic E-state index is 11.8. The van der Waals surface area contributed by atoms with Gasteiger partial charge in [-0.3, -0.25) is 10.1 Å². The number of aromatic nitrogens is 1. The van der Waals surface area contributed by atoms with E-state index in [0.717, 1.165) is 11.6 Å². The first kappa shape index (κ1) is 13.0. The van der Waals surface area contributed by atoms with Crippen LogP contribution in [0, 0.1) is 6.92 Å². The van der Waals surface area contributed by atoms with Crippen molar-refractivity contribution in [2.24, 2.45) is 0 Å². The Labute approximate surface area is 112 Å². The molecule has 2 rings (SSSR count). The number of carboxylic acid groups (broad SMARTS) is 1. The number of hydrogen-bond acceptors (Lipinski definition) is 5. The second kappa shape index (κ2) is 5.49. The number of amides is 1. The molecule has 0 aromatic carbocycles. The zero-order valence-corrected chi connectivity index (χ0v) is 10.7. The van der Waals surface area contributed by atoms with Gasteiger partial charge in [-0.1, -0.05) is 11.3 Å². The number of anilines is 1. The van der Waals surface area contributed by atoms with E-state index in [1.807, 2.05) is 0 Å². The highest BCUT2D eigenvalue weighted by Gasteiger charge is 2.14. The molecule has 0 saturated heterocycles. The molecule has 0 fully saturated rings. The lowest BCUT2D eigenvalue weighted by Crippen LogP contribution is -2.11. The lowest BCUT2D eigenvalue weighted by molar-refractivity contribution is -0.131. The third-order valence-corrected chi connectivity index (χ3v) is 3.08. The largest absolute Gasteiger partial charge is 0.478 e. The van der Waals surface area contributed by atoms with E-state index >= 15 is 0 Å². The molecule has 0 atom stereocenters. The second-order valence-corrected chi connectivity index (χ2v) is 4.69. The van der Waals surface area contributed by atoms with Gasteiger partial charge in [-0.15, -0.1) is 0 Å². The Morgan fingerprint density at radius 1 is 1.53 bits per heavy atom. The van der Waals surface area contributed by atoms with Gasteiger partial charge in [0.2, 0.25) is 0 Å². The summed E-state index contributed by atoms with van der Waals surface area (Å²) in [4.78, 5) is 26.8. The molecule has 0 aliphatic rings. The van der Waals surface area contributed by atoms with E-state index in [1.165, 1.54) is 29.9 Å². The Morgan fingerprint density at radius 3 is 2.95 bits per heavy atom. The molecule has 7 heteroatoms. The zero-order chi connectivity index (χ0) is 13.8. The van der Waals surface area contributed by atoms with Gasteiger partial charge in [0.05, 0.1) is 6.26 Å². The molecule has 19 heavy (non-hydrogen) atoms. The predicted octanol–water partition coefficient (Wildman–Crippen LogP) is 2.39. The van der Waals surface area contributed by atoms with Crippen molar-refractivity contribution in [1.82, 2.24) is 4.98 Å². The third-order valence-electron chi connectivity index (χ3n) is 2.20. The Hall–Kier alpha value is -2.41. The van der Waals surface area contributed by atoms with Crippen molar-refractivity contribution in [1.29, 1.82) is 0 Å². The number of carboxylic acids is 1. The summed E-state index contributed by atoms with van der Waals surface area (Å²) in [5.41, 5.74) is 0.736. The van der Waals surface area contributed by atoms with Crippen LogP contribution in [0.5, 0.6) is 0 Å². The summed E-state index contributed by atoms with van der Waals surface area (Å²) in [5.74, 6) is -1.19.